The Morgan fingerprint density at radius 2 is 1.00 bits per heavy atom. The summed E-state index contributed by atoms with van der Waals surface area (Å²) in [5, 5.41) is 23.4. The van der Waals surface area contributed by atoms with E-state index in [1.54, 1.807) is 12.1 Å². The van der Waals surface area contributed by atoms with Gasteiger partial charge in [-0.1, -0.05) is 60.3 Å². The number of nitro benzene ring substituents is 2. The first-order valence-electron chi connectivity index (χ1n) is 9.59. The third kappa shape index (κ3) is 4.58. The average molecular weight is 464 g/mol. The Hall–Kier alpha value is -4.11. The van der Waals surface area contributed by atoms with E-state index < -0.39 is 21.5 Å². The lowest BCUT2D eigenvalue weighted by Gasteiger charge is -2.09. The molecule has 0 radical (unpaired) electrons. The van der Waals surface area contributed by atoms with Gasteiger partial charge in [-0.2, -0.15) is 0 Å². The van der Waals surface area contributed by atoms with Crippen molar-refractivity contribution in [3.8, 4) is 22.3 Å². The number of rotatable bonds is 6. The highest BCUT2D eigenvalue weighted by Gasteiger charge is 2.23. The van der Waals surface area contributed by atoms with Crippen molar-refractivity contribution in [1.29, 1.82) is 0 Å². The zero-order valence-electron chi connectivity index (χ0n) is 16.8. The molecule has 0 heterocycles. The smallest absolute Gasteiger partial charge is 0.258 e. The van der Waals surface area contributed by atoms with Crippen LogP contribution < -0.4 is 0 Å². The number of benzene rings is 4. The fourth-order valence-electron chi connectivity index (χ4n) is 3.34. The summed E-state index contributed by atoms with van der Waals surface area (Å²) in [4.78, 5) is 22.5. The summed E-state index contributed by atoms with van der Waals surface area (Å²) in [5.74, 6) is -1.04. The molecule has 6 nitrogen and oxygen atoms in total. The average Bonchev–Trinajstić information content (AvgIpc) is 2.80. The van der Waals surface area contributed by atoms with Crippen LogP contribution in [0.1, 0.15) is 0 Å². The second-order valence-electron chi connectivity index (χ2n) is 6.94. The first-order chi connectivity index (χ1) is 15.8. The topological polar surface area (TPSA) is 86.3 Å². The Kier molecular flexibility index (Phi) is 6.14. The summed E-state index contributed by atoms with van der Waals surface area (Å²) < 4.78 is 28.3. The van der Waals surface area contributed by atoms with Gasteiger partial charge in [0.25, 0.3) is 11.4 Å². The van der Waals surface area contributed by atoms with Crippen LogP contribution in [0.5, 0.6) is 0 Å². The zero-order valence-corrected chi connectivity index (χ0v) is 17.6. The summed E-state index contributed by atoms with van der Waals surface area (Å²) in [6.07, 6.45) is 0. The molecule has 0 atom stereocenters. The largest absolute Gasteiger partial charge is 0.283 e. The third-order valence-corrected chi connectivity index (χ3v) is 6.03. The van der Waals surface area contributed by atoms with Crippen LogP contribution in [0, 0.1) is 31.9 Å². The Morgan fingerprint density at radius 3 is 1.36 bits per heavy atom. The highest BCUT2D eigenvalue weighted by molar-refractivity contribution is 7.99. The minimum absolute atomic E-state index is 0.154. The van der Waals surface area contributed by atoms with Gasteiger partial charge >= 0.3 is 0 Å². The number of hydrogen-bond donors (Lipinski definition) is 0. The maximum absolute atomic E-state index is 14.1. The van der Waals surface area contributed by atoms with E-state index in [2.05, 4.69) is 0 Å². The van der Waals surface area contributed by atoms with E-state index in [0.29, 0.717) is 11.1 Å². The van der Waals surface area contributed by atoms with E-state index in [9.17, 15) is 29.0 Å². The standard InChI is InChI=1S/C24H14F2N2O4S/c25-19-7-3-1-5-17(19)15-9-11-23(21(13-15)27(29)30)33-24-12-10-16(14-22(24)28(31)32)18-6-2-4-8-20(18)26/h1-14H. The molecule has 0 saturated carbocycles. The van der Waals surface area contributed by atoms with Gasteiger partial charge in [0.2, 0.25) is 0 Å². The second kappa shape index (κ2) is 9.17. The van der Waals surface area contributed by atoms with Gasteiger partial charge in [-0.05, 0) is 35.4 Å². The molecule has 0 saturated heterocycles. The van der Waals surface area contributed by atoms with E-state index >= 15 is 0 Å². The quantitative estimate of drug-likeness (QED) is 0.221. The number of halogens is 2. The van der Waals surface area contributed by atoms with Crippen molar-refractivity contribution in [3.05, 3.63) is 117 Å². The lowest BCUT2D eigenvalue weighted by Crippen LogP contribution is -1.95. The molecule has 4 aromatic rings. The van der Waals surface area contributed by atoms with Crippen molar-refractivity contribution in [3.63, 3.8) is 0 Å². The van der Waals surface area contributed by atoms with Crippen molar-refractivity contribution in [2.75, 3.05) is 0 Å². The summed E-state index contributed by atoms with van der Waals surface area (Å²) in [6.45, 7) is 0. The molecular weight excluding hydrogens is 450 g/mol. The Bertz CT molecular complexity index is 1290. The molecule has 0 aromatic heterocycles. The van der Waals surface area contributed by atoms with Crippen molar-refractivity contribution >= 4 is 23.1 Å². The van der Waals surface area contributed by atoms with Crippen LogP contribution in [0.25, 0.3) is 22.3 Å². The predicted octanol–water partition coefficient (Wildman–Crippen LogP) is 7.27. The van der Waals surface area contributed by atoms with Gasteiger partial charge in [0, 0.05) is 23.3 Å². The van der Waals surface area contributed by atoms with E-state index in [1.807, 2.05) is 0 Å². The van der Waals surface area contributed by atoms with E-state index in [-0.39, 0.29) is 32.3 Å². The van der Waals surface area contributed by atoms with Gasteiger partial charge in [0.05, 0.1) is 19.6 Å². The molecule has 0 N–H and O–H groups in total. The first kappa shape index (κ1) is 22.1. The van der Waals surface area contributed by atoms with Crippen molar-refractivity contribution in [2.45, 2.75) is 9.79 Å². The molecule has 0 aliphatic heterocycles. The van der Waals surface area contributed by atoms with Crippen molar-refractivity contribution in [1.82, 2.24) is 0 Å². The van der Waals surface area contributed by atoms with Crippen LogP contribution in [-0.2, 0) is 0 Å². The maximum atomic E-state index is 14.1. The first-order valence-corrected chi connectivity index (χ1v) is 10.4. The maximum Gasteiger partial charge on any atom is 0.283 e. The molecule has 4 rings (SSSR count). The molecule has 33 heavy (non-hydrogen) atoms. The van der Waals surface area contributed by atoms with Gasteiger partial charge in [-0.15, -0.1) is 0 Å². The van der Waals surface area contributed by atoms with Gasteiger partial charge in [0.15, 0.2) is 0 Å². The van der Waals surface area contributed by atoms with Crippen LogP contribution in [-0.4, -0.2) is 9.85 Å². The van der Waals surface area contributed by atoms with E-state index in [4.69, 9.17) is 0 Å². The molecule has 0 unspecified atom stereocenters. The third-order valence-electron chi connectivity index (χ3n) is 4.90. The van der Waals surface area contributed by atoms with Crippen LogP contribution in [0.2, 0.25) is 0 Å². The molecule has 0 spiro atoms. The Labute approximate surface area is 190 Å². The molecule has 4 aromatic carbocycles. The van der Waals surface area contributed by atoms with Crippen LogP contribution in [0.15, 0.2) is 94.7 Å². The van der Waals surface area contributed by atoms with Crippen LogP contribution in [0.3, 0.4) is 0 Å². The minimum Gasteiger partial charge on any atom is -0.258 e. The molecule has 0 aliphatic carbocycles. The molecule has 0 amide bonds. The summed E-state index contributed by atoms with van der Waals surface area (Å²) >= 11 is 0.843. The fraction of sp³-hybridized carbons (Fsp3) is 0. The highest BCUT2D eigenvalue weighted by atomic mass is 32.2. The Morgan fingerprint density at radius 1 is 0.606 bits per heavy atom. The van der Waals surface area contributed by atoms with Crippen molar-refractivity contribution in [2.24, 2.45) is 0 Å². The second-order valence-corrected chi connectivity index (χ2v) is 8.02. The normalized spacial score (nSPS) is 10.7. The van der Waals surface area contributed by atoms with Gasteiger partial charge in [0.1, 0.15) is 11.6 Å². The summed E-state index contributed by atoms with van der Waals surface area (Å²) in [6, 6.07) is 20.2. The van der Waals surface area contributed by atoms with Gasteiger partial charge in [-0.3, -0.25) is 20.2 Å². The van der Waals surface area contributed by atoms with Crippen LogP contribution >= 0.6 is 11.8 Å². The minimum atomic E-state index is -0.619. The molecular formula is C24H14F2N2O4S. The summed E-state index contributed by atoms with van der Waals surface area (Å²) in [7, 11) is 0. The van der Waals surface area contributed by atoms with Crippen LogP contribution in [0.4, 0.5) is 20.2 Å². The van der Waals surface area contributed by atoms with E-state index in [1.165, 1.54) is 72.8 Å². The fourth-order valence-corrected chi connectivity index (χ4v) is 4.32. The zero-order chi connectivity index (χ0) is 23.5. The van der Waals surface area contributed by atoms with Gasteiger partial charge < -0.3 is 0 Å². The van der Waals surface area contributed by atoms with Crippen molar-refractivity contribution < 1.29 is 18.6 Å². The van der Waals surface area contributed by atoms with Gasteiger partial charge in [-0.25, -0.2) is 8.78 Å². The Balaban J connectivity index is 1.75. The predicted molar refractivity (Wildman–Crippen MR) is 121 cm³/mol. The van der Waals surface area contributed by atoms with E-state index in [0.717, 1.165) is 11.8 Å². The number of nitro groups is 2. The molecule has 0 bridgehead atoms. The lowest BCUT2D eigenvalue weighted by atomic mass is 10.0. The number of nitrogens with zero attached hydrogens (tertiary/aromatic N) is 2. The monoisotopic (exact) mass is 464 g/mol. The molecule has 164 valence electrons. The lowest BCUT2D eigenvalue weighted by molar-refractivity contribution is -0.388. The molecule has 9 heteroatoms. The molecule has 0 fully saturated rings. The SMILES string of the molecule is O=[N+]([O-])c1cc(-c2ccccc2F)ccc1Sc1ccc(-c2ccccc2F)cc1[N+](=O)[O-]. The number of hydrogen-bond acceptors (Lipinski definition) is 5. The summed E-state index contributed by atoms with van der Waals surface area (Å²) in [5.41, 5.74) is 0.415. The highest BCUT2D eigenvalue weighted by Crippen LogP contribution is 2.42. The molecule has 0 aliphatic rings.